The van der Waals surface area contributed by atoms with Crippen molar-refractivity contribution in [3.63, 3.8) is 0 Å². The van der Waals surface area contributed by atoms with Crippen molar-refractivity contribution >= 4 is 35.8 Å². The van der Waals surface area contributed by atoms with E-state index in [0.29, 0.717) is 19.1 Å². The monoisotopic (exact) mass is 413 g/mol. The van der Waals surface area contributed by atoms with E-state index in [1.807, 2.05) is 11.8 Å². The maximum absolute atomic E-state index is 11.2. The summed E-state index contributed by atoms with van der Waals surface area (Å²) in [5, 5.41) is 3.07. The molecule has 0 radical (unpaired) electrons. The third-order valence-corrected chi connectivity index (χ3v) is 3.33. The quantitative estimate of drug-likeness (QED) is 0.355. The second-order valence-electron chi connectivity index (χ2n) is 5.12. The van der Waals surface area contributed by atoms with E-state index in [9.17, 15) is 4.79 Å². The van der Waals surface area contributed by atoms with Crippen LogP contribution in [0.15, 0.2) is 4.99 Å². The molecule has 0 spiro atoms. The number of aliphatic imine (C=N–C) groups is 1. The molecule has 0 bridgehead atoms. The molecule has 124 valence electrons. The Labute approximate surface area is 144 Å². The number of nitrogens with zero attached hydrogens (tertiary/aromatic N) is 3. The molecule has 21 heavy (non-hydrogen) atoms. The number of guanidine groups is 1. The van der Waals surface area contributed by atoms with Gasteiger partial charge in [-0.1, -0.05) is 0 Å². The molecule has 8 heteroatoms. The lowest BCUT2D eigenvalue weighted by Crippen LogP contribution is -2.48. The number of halogens is 1. The summed E-state index contributed by atoms with van der Waals surface area (Å²) in [5.41, 5.74) is 5.79. The molecule has 1 rings (SSSR count). The van der Waals surface area contributed by atoms with Gasteiger partial charge in [-0.3, -0.25) is 14.7 Å². The highest BCUT2D eigenvalue weighted by atomic mass is 127. The Kier molecular flexibility index (Phi) is 10.7. The van der Waals surface area contributed by atoms with E-state index in [2.05, 4.69) is 15.2 Å². The molecule has 0 aromatic heterocycles. The van der Waals surface area contributed by atoms with Crippen LogP contribution in [-0.2, 0) is 9.53 Å². The Balaban J connectivity index is 0.00000400. The molecular weight excluding hydrogens is 385 g/mol. The molecule has 1 amide bonds. The summed E-state index contributed by atoms with van der Waals surface area (Å²) in [5.74, 6) is 0.611. The summed E-state index contributed by atoms with van der Waals surface area (Å²) in [4.78, 5) is 19.7. The van der Waals surface area contributed by atoms with Gasteiger partial charge in [0.1, 0.15) is 0 Å². The zero-order valence-electron chi connectivity index (χ0n) is 13.2. The molecule has 0 aromatic carbocycles. The van der Waals surface area contributed by atoms with Gasteiger partial charge in [-0.05, 0) is 6.92 Å². The predicted octanol–water partition coefficient (Wildman–Crippen LogP) is -0.292. The summed E-state index contributed by atoms with van der Waals surface area (Å²) in [7, 11) is 1.66. The largest absolute Gasteiger partial charge is 0.383 e. The second-order valence-corrected chi connectivity index (χ2v) is 5.12. The number of carbonyl (C=O) groups excluding carboxylic acids is 1. The van der Waals surface area contributed by atoms with Crippen molar-refractivity contribution in [1.29, 1.82) is 0 Å². The fourth-order valence-corrected chi connectivity index (χ4v) is 2.19. The first-order valence-electron chi connectivity index (χ1n) is 7.06. The highest BCUT2D eigenvalue weighted by Crippen LogP contribution is 2.01. The van der Waals surface area contributed by atoms with Crippen LogP contribution in [0.5, 0.6) is 0 Å². The third kappa shape index (κ3) is 8.42. The van der Waals surface area contributed by atoms with Gasteiger partial charge in [-0.2, -0.15) is 0 Å². The van der Waals surface area contributed by atoms with Crippen LogP contribution in [0, 0.1) is 0 Å². The lowest BCUT2D eigenvalue weighted by Gasteiger charge is -2.33. The zero-order valence-corrected chi connectivity index (χ0v) is 15.5. The fourth-order valence-electron chi connectivity index (χ4n) is 2.19. The second kappa shape index (κ2) is 11.0. The molecule has 3 N–H and O–H groups in total. The van der Waals surface area contributed by atoms with E-state index in [1.165, 1.54) is 0 Å². The number of carbonyl (C=O) groups is 1. The van der Waals surface area contributed by atoms with Gasteiger partial charge in [-0.25, -0.2) is 0 Å². The minimum absolute atomic E-state index is 0. The molecule has 1 atom stereocenters. The van der Waals surface area contributed by atoms with E-state index in [1.54, 1.807) is 14.0 Å². The summed E-state index contributed by atoms with van der Waals surface area (Å²) >= 11 is 0. The van der Waals surface area contributed by atoms with Crippen molar-refractivity contribution in [2.24, 2.45) is 10.7 Å². The Morgan fingerprint density at radius 2 is 2.00 bits per heavy atom. The maximum Gasteiger partial charge on any atom is 0.219 e. The van der Waals surface area contributed by atoms with Crippen LogP contribution in [0.1, 0.15) is 13.8 Å². The average Bonchev–Trinajstić information content (AvgIpc) is 2.39. The van der Waals surface area contributed by atoms with E-state index >= 15 is 0 Å². The van der Waals surface area contributed by atoms with Crippen LogP contribution < -0.4 is 11.1 Å². The van der Waals surface area contributed by atoms with Gasteiger partial charge < -0.3 is 20.7 Å². The summed E-state index contributed by atoms with van der Waals surface area (Å²) in [6.07, 6.45) is 0. The van der Waals surface area contributed by atoms with Crippen molar-refractivity contribution in [1.82, 2.24) is 15.1 Å². The molecule has 1 heterocycles. The van der Waals surface area contributed by atoms with Gasteiger partial charge in [0, 0.05) is 52.8 Å². The van der Waals surface area contributed by atoms with E-state index in [4.69, 9.17) is 10.5 Å². The predicted molar refractivity (Wildman–Crippen MR) is 95.1 cm³/mol. The highest BCUT2D eigenvalue weighted by molar-refractivity contribution is 14.0. The van der Waals surface area contributed by atoms with E-state index < -0.39 is 0 Å². The molecule has 1 unspecified atom stereocenters. The van der Waals surface area contributed by atoms with Gasteiger partial charge in [0.05, 0.1) is 13.2 Å². The number of rotatable bonds is 6. The lowest BCUT2D eigenvalue weighted by atomic mass is 10.3. The maximum atomic E-state index is 11.2. The SMILES string of the molecule is COCC(C)NC(N)=NCCN1CCN(C(C)=O)CC1.I. The van der Waals surface area contributed by atoms with Crippen molar-refractivity contribution in [2.75, 3.05) is 53.0 Å². The Hall–Kier alpha value is -0.610. The molecule has 1 aliphatic heterocycles. The smallest absolute Gasteiger partial charge is 0.219 e. The summed E-state index contributed by atoms with van der Waals surface area (Å²) < 4.78 is 5.02. The Bertz CT molecular complexity index is 333. The fraction of sp³-hybridized carbons (Fsp3) is 0.846. The summed E-state index contributed by atoms with van der Waals surface area (Å²) in [6.45, 7) is 9.16. The normalized spacial score (nSPS) is 18.0. The van der Waals surface area contributed by atoms with Crippen LogP contribution >= 0.6 is 24.0 Å². The topological polar surface area (TPSA) is 83.2 Å². The zero-order chi connectivity index (χ0) is 15.0. The number of amides is 1. The Morgan fingerprint density at radius 1 is 1.38 bits per heavy atom. The first kappa shape index (κ1) is 20.4. The molecule has 0 saturated carbocycles. The lowest BCUT2D eigenvalue weighted by molar-refractivity contribution is -0.130. The van der Waals surface area contributed by atoms with Crippen LogP contribution in [-0.4, -0.2) is 80.7 Å². The van der Waals surface area contributed by atoms with Crippen LogP contribution in [0.25, 0.3) is 0 Å². The van der Waals surface area contributed by atoms with Crippen molar-refractivity contribution in [2.45, 2.75) is 19.9 Å². The average molecular weight is 413 g/mol. The minimum Gasteiger partial charge on any atom is -0.383 e. The first-order chi connectivity index (χ1) is 9.52. The van der Waals surface area contributed by atoms with Crippen molar-refractivity contribution in [3.05, 3.63) is 0 Å². The van der Waals surface area contributed by atoms with Gasteiger partial charge >= 0.3 is 0 Å². The van der Waals surface area contributed by atoms with Crippen LogP contribution in [0.3, 0.4) is 0 Å². The first-order valence-corrected chi connectivity index (χ1v) is 7.06. The van der Waals surface area contributed by atoms with Crippen molar-refractivity contribution in [3.8, 4) is 0 Å². The van der Waals surface area contributed by atoms with Crippen molar-refractivity contribution < 1.29 is 9.53 Å². The molecule has 0 aliphatic carbocycles. The number of ether oxygens (including phenoxy) is 1. The van der Waals surface area contributed by atoms with E-state index in [0.717, 1.165) is 32.7 Å². The highest BCUT2D eigenvalue weighted by Gasteiger charge is 2.17. The van der Waals surface area contributed by atoms with Crippen LogP contribution in [0.2, 0.25) is 0 Å². The number of hydrogen-bond acceptors (Lipinski definition) is 4. The number of methoxy groups -OCH3 is 1. The van der Waals surface area contributed by atoms with Gasteiger partial charge in [0.15, 0.2) is 5.96 Å². The van der Waals surface area contributed by atoms with Gasteiger partial charge in [0.25, 0.3) is 0 Å². The number of hydrogen-bond donors (Lipinski definition) is 2. The third-order valence-electron chi connectivity index (χ3n) is 3.33. The number of nitrogens with two attached hydrogens (primary N) is 1. The van der Waals surface area contributed by atoms with Crippen LogP contribution in [0.4, 0.5) is 0 Å². The number of nitrogens with one attached hydrogen (secondary N) is 1. The molecule has 1 saturated heterocycles. The molecule has 1 fully saturated rings. The molecular formula is C13H28IN5O2. The molecule has 1 aliphatic rings. The van der Waals surface area contributed by atoms with E-state index in [-0.39, 0.29) is 35.9 Å². The molecule has 7 nitrogen and oxygen atoms in total. The Morgan fingerprint density at radius 3 is 2.52 bits per heavy atom. The van der Waals surface area contributed by atoms with Gasteiger partial charge in [-0.15, -0.1) is 24.0 Å². The minimum atomic E-state index is 0. The summed E-state index contributed by atoms with van der Waals surface area (Å²) in [6, 6.07) is 0.155. The molecule has 0 aromatic rings. The standard InChI is InChI=1S/C13H27N5O2.HI/c1-11(10-20-3)16-13(14)15-4-5-17-6-8-18(9-7-17)12(2)19;/h11H,4-10H2,1-3H3,(H3,14,15,16);1H. The van der Waals surface area contributed by atoms with Gasteiger partial charge in [0.2, 0.25) is 5.91 Å². The number of piperazine rings is 1.